The molecule has 7 heteroatoms. The van der Waals surface area contributed by atoms with Crippen LogP contribution in [0.2, 0.25) is 0 Å². The van der Waals surface area contributed by atoms with Crippen molar-refractivity contribution in [2.24, 2.45) is 0 Å². The summed E-state index contributed by atoms with van der Waals surface area (Å²) in [6, 6.07) is 10.2. The van der Waals surface area contributed by atoms with E-state index in [-0.39, 0.29) is 11.3 Å². The number of para-hydroxylation sites is 1. The van der Waals surface area contributed by atoms with Gasteiger partial charge in [-0.05, 0) is 35.8 Å². The van der Waals surface area contributed by atoms with Gasteiger partial charge in [0.25, 0.3) is 5.91 Å². The first-order chi connectivity index (χ1) is 9.66. The highest BCUT2D eigenvalue weighted by molar-refractivity contribution is 7.80. The second kappa shape index (κ2) is 6.88. The number of carbonyl (C=O) groups excluding carboxylic acids is 1. The lowest BCUT2D eigenvalue weighted by atomic mass is 10.2. The zero-order chi connectivity index (χ0) is 14.4. The molecular formula is C13H13N3O2S2. The third-order valence-corrected chi connectivity index (χ3v) is 3.56. The van der Waals surface area contributed by atoms with E-state index in [1.54, 1.807) is 23.5 Å². The molecule has 20 heavy (non-hydrogen) atoms. The molecule has 0 aliphatic heterocycles. The molecule has 2 aromatic rings. The van der Waals surface area contributed by atoms with E-state index in [4.69, 9.17) is 12.2 Å². The van der Waals surface area contributed by atoms with E-state index in [0.29, 0.717) is 11.7 Å². The van der Waals surface area contributed by atoms with Crippen LogP contribution in [-0.2, 0) is 6.54 Å². The third kappa shape index (κ3) is 3.94. The predicted molar refractivity (Wildman–Crippen MR) is 82.5 cm³/mol. The molecule has 0 saturated carbocycles. The van der Waals surface area contributed by atoms with E-state index in [1.807, 2.05) is 17.5 Å². The van der Waals surface area contributed by atoms with Crippen molar-refractivity contribution in [3.8, 4) is 5.75 Å². The van der Waals surface area contributed by atoms with E-state index in [0.717, 1.165) is 4.88 Å². The van der Waals surface area contributed by atoms with Crippen LogP contribution in [-0.4, -0.2) is 16.1 Å². The number of benzene rings is 1. The number of carbonyl (C=O) groups is 1. The van der Waals surface area contributed by atoms with E-state index in [9.17, 15) is 9.90 Å². The summed E-state index contributed by atoms with van der Waals surface area (Å²) < 4.78 is 0. The van der Waals surface area contributed by atoms with Crippen molar-refractivity contribution in [2.75, 3.05) is 0 Å². The summed E-state index contributed by atoms with van der Waals surface area (Å²) in [4.78, 5) is 12.9. The number of phenols is 1. The molecule has 0 aliphatic carbocycles. The van der Waals surface area contributed by atoms with Gasteiger partial charge in [0.05, 0.1) is 12.1 Å². The Morgan fingerprint density at radius 1 is 1.20 bits per heavy atom. The van der Waals surface area contributed by atoms with Crippen LogP contribution >= 0.6 is 23.6 Å². The number of amides is 1. The molecule has 0 aliphatic rings. The van der Waals surface area contributed by atoms with Gasteiger partial charge in [0.2, 0.25) is 0 Å². The lowest BCUT2D eigenvalue weighted by molar-refractivity contribution is 0.0941. The van der Waals surface area contributed by atoms with Gasteiger partial charge >= 0.3 is 0 Å². The fraction of sp³-hybridized carbons (Fsp3) is 0.0769. The highest BCUT2D eigenvalue weighted by atomic mass is 32.1. The molecule has 0 atom stereocenters. The van der Waals surface area contributed by atoms with Crippen LogP contribution in [0.25, 0.3) is 0 Å². The van der Waals surface area contributed by atoms with Crippen molar-refractivity contribution < 1.29 is 9.90 Å². The van der Waals surface area contributed by atoms with Gasteiger partial charge in [0.15, 0.2) is 5.11 Å². The molecule has 1 aromatic heterocycles. The molecule has 4 N–H and O–H groups in total. The topological polar surface area (TPSA) is 73.4 Å². The average molecular weight is 307 g/mol. The van der Waals surface area contributed by atoms with Crippen LogP contribution < -0.4 is 16.2 Å². The fourth-order valence-electron chi connectivity index (χ4n) is 1.47. The lowest BCUT2D eigenvalue weighted by Crippen LogP contribution is -2.46. The number of hydrogen-bond donors (Lipinski definition) is 4. The Morgan fingerprint density at radius 2 is 2.00 bits per heavy atom. The Kier molecular flexibility index (Phi) is 4.91. The number of rotatable bonds is 3. The summed E-state index contributed by atoms with van der Waals surface area (Å²) >= 11 is 6.65. The molecule has 1 aromatic carbocycles. The number of aromatic hydroxyl groups is 1. The maximum absolute atomic E-state index is 11.8. The zero-order valence-electron chi connectivity index (χ0n) is 10.4. The van der Waals surface area contributed by atoms with Crippen molar-refractivity contribution in [3.05, 3.63) is 52.2 Å². The van der Waals surface area contributed by atoms with E-state index >= 15 is 0 Å². The van der Waals surface area contributed by atoms with Crippen LogP contribution in [0.15, 0.2) is 41.8 Å². The number of hydrogen-bond acceptors (Lipinski definition) is 4. The van der Waals surface area contributed by atoms with Gasteiger partial charge in [-0.3, -0.25) is 15.6 Å². The van der Waals surface area contributed by atoms with E-state index in [2.05, 4.69) is 16.2 Å². The van der Waals surface area contributed by atoms with Crippen molar-refractivity contribution in [1.29, 1.82) is 0 Å². The normalized spacial score (nSPS) is 9.80. The number of nitrogens with one attached hydrogen (secondary N) is 3. The number of phenolic OH excluding ortho intramolecular Hbond substituents is 1. The van der Waals surface area contributed by atoms with Gasteiger partial charge in [-0.15, -0.1) is 11.3 Å². The molecule has 0 bridgehead atoms. The summed E-state index contributed by atoms with van der Waals surface area (Å²) in [7, 11) is 0. The molecule has 0 unspecified atom stereocenters. The minimum absolute atomic E-state index is 0.0794. The minimum Gasteiger partial charge on any atom is -0.507 e. The molecule has 104 valence electrons. The molecule has 0 fully saturated rings. The van der Waals surface area contributed by atoms with E-state index < -0.39 is 5.91 Å². The Morgan fingerprint density at radius 3 is 2.70 bits per heavy atom. The van der Waals surface area contributed by atoms with Crippen molar-refractivity contribution >= 4 is 34.6 Å². The SMILES string of the molecule is O=C(NNC(=S)NCc1cccs1)c1ccccc1O. The lowest BCUT2D eigenvalue weighted by Gasteiger charge is -2.11. The summed E-state index contributed by atoms with van der Waals surface area (Å²) in [5.74, 6) is -0.535. The predicted octanol–water partition coefficient (Wildman–Crippen LogP) is 1.76. The molecule has 2 rings (SSSR count). The Hall–Kier alpha value is -2.12. The summed E-state index contributed by atoms with van der Waals surface area (Å²) in [6.07, 6.45) is 0. The van der Waals surface area contributed by atoms with Gasteiger partial charge in [0, 0.05) is 4.88 Å². The van der Waals surface area contributed by atoms with Crippen LogP contribution in [0.3, 0.4) is 0 Å². The Balaban J connectivity index is 1.78. The Labute approximate surface area is 125 Å². The monoisotopic (exact) mass is 307 g/mol. The van der Waals surface area contributed by atoms with Crippen LogP contribution in [0.5, 0.6) is 5.75 Å². The minimum atomic E-state index is -0.455. The molecule has 1 amide bonds. The van der Waals surface area contributed by atoms with Crippen molar-refractivity contribution in [3.63, 3.8) is 0 Å². The second-order valence-corrected chi connectivity index (χ2v) is 5.30. The van der Waals surface area contributed by atoms with Crippen molar-refractivity contribution in [2.45, 2.75) is 6.54 Å². The number of thiocarbonyl (C=S) groups is 1. The van der Waals surface area contributed by atoms with Gasteiger partial charge in [-0.25, -0.2) is 0 Å². The van der Waals surface area contributed by atoms with Crippen LogP contribution in [0.4, 0.5) is 0 Å². The molecule has 1 heterocycles. The molecule has 0 saturated heterocycles. The van der Waals surface area contributed by atoms with Gasteiger partial charge in [0.1, 0.15) is 5.75 Å². The average Bonchev–Trinajstić information content (AvgIpc) is 2.96. The van der Waals surface area contributed by atoms with E-state index in [1.165, 1.54) is 12.1 Å². The molecule has 5 nitrogen and oxygen atoms in total. The van der Waals surface area contributed by atoms with Gasteiger partial charge < -0.3 is 10.4 Å². The highest BCUT2D eigenvalue weighted by Crippen LogP contribution is 2.14. The van der Waals surface area contributed by atoms with Crippen molar-refractivity contribution in [1.82, 2.24) is 16.2 Å². The number of hydrazine groups is 1. The number of thiophene rings is 1. The van der Waals surface area contributed by atoms with Crippen LogP contribution in [0, 0.1) is 0 Å². The maximum Gasteiger partial charge on any atom is 0.273 e. The standard InChI is InChI=1S/C13H13N3O2S2/c17-11-6-2-1-5-10(11)12(18)15-16-13(19)14-8-9-4-3-7-20-9/h1-7,17H,8H2,(H,15,18)(H2,14,16,19). The highest BCUT2D eigenvalue weighted by Gasteiger charge is 2.09. The van der Waals surface area contributed by atoms with Gasteiger partial charge in [-0.1, -0.05) is 18.2 Å². The third-order valence-electron chi connectivity index (χ3n) is 2.44. The largest absolute Gasteiger partial charge is 0.507 e. The fourth-order valence-corrected chi connectivity index (χ4v) is 2.24. The summed E-state index contributed by atoms with van der Waals surface area (Å²) in [5, 5.41) is 14.8. The first kappa shape index (κ1) is 14.3. The van der Waals surface area contributed by atoms with Gasteiger partial charge in [-0.2, -0.15) is 0 Å². The first-order valence-electron chi connectivity index (χ1n) is 5.81. The quantitative estimate of drug-likeness (QED) is 0.514. The summed E-state index contributed by atoms with van der Waals surface area (Å²) in [5.41, 5.74) is 5.19. The Bertz CT molecular complexity index is 599. The molecule has 0 radical (unpaired) electrons. The maximum atomic E-state index is 11.8. The first-order valence-corrected chi connectivity index (χ1v) is 7.10. The summed E-state index contributed by atoms with van der Waals surface area (Å²) in [6.45, 7) is 0.593. The smallest absolute Gasteiger partial charge is 0.273 e. The molecule has 0 spiro atoms. The zero-order valence-corrected chi connectivity index (χ0v) is 12.1. The van der Waals surface area contributed by atoms with Crippen LogP contribution in [0.1, 0.15) is 15.2 Å². The molecular weight excluding hydrogens is 294 g/mol. The second-order valence-electron chi connectivity index (χ2n) is 3.86.